The van der Waals surface area contributed by atoms with Gasteiger partial charge in [0, 0.05) is 18.6 Å². The Morgan fingerprint density at radius 2 is 1.72 bits per heavy atom. The highest BCUT2D eigenvalue weighted by molar-refractivity contribution is 7.85. The highest BCUT2D eigenvalue weighted by Gasteiger charge is 2.14. The van der Waals surface area contributed by atoms with Crippen molar-refractivity contribution in [2.24, 2.45) is 0 Å². The third kappa shape index (κ3) is 6.74. The van der Waals surface area contributed by atoms with Crippen LogP contribution < -0.4 is 0 Å². The summed E-state index contributed by atoms with van der Waals surface area (Å²) < 4.78 is 32.3. The lowest BCUT2D eigenvalue weighted by Gasteiger charge is -2.30. The van der Waals surface area contributed by atoms with Gasteiger partial charge in [-0.2, -0.15) is 0 Å². The smallest absolute Gasteiger partial charge is 0.0948 e. The Hall–Kier alpha value is -0.910. The van der Waals surface area contributed by atoms with Crippen LogP contribution in [0.5, 0.6) is 0 Å². The summed E-state index contributed by atoms with van der Waals surface area (Å²) in [6.07, 6.45) is 1.38. The first kappa shape index (κ1) is 15.1. The minimum Gasteiger partial charge on any atom is -0.748 e. The average molecular weight is 271 g/mol. The van der Waals surface area contributed by atoms with Crippen molar-refractivity contribution < 1.29 is 17.5 Å². The summed E-state index contributed by atoms with van der Waals surface area (Å²) in [6, 6.07) is 10.2. The molecule has 0 saturated heterocycles. The molecule has 1 aromatic carbocycles. The molecule has 0 aliphatic heterocycles. The van der Waals surface area contributed by atoms with E-state index in [0.29, 0.717) is 13.0 Å². The topological polar surface area (TPSA) is 57.2 Å². The van der Waals surface area contributed by atoms with Crippen molar-refractivity contribution in [1.82, 2.24) is 0 Å². The third-order valence-corrected chi connectivity index (χ3v) is 3.80. The number of quaternary nitrogens is 1. The molecule has 0 N–H and O–H groups in total. The van der Waals surface area contributed by atoms with Crippen molar-refractivity contribution in [1.29, 1.82) is 0 Å². The van der Waals surface area contributed by atoms with E-state index in [9.17, 15) is 13.0 Å². The summed E-state index contributed by atoms with van der Waals surface area (Å²) in [5.74, 6) is -0.264. The van der Waals surface area contributed by atoms with Crippen LogP contribution in [0, 0.1) is 0 Å². The van der Waals surface area contributed by atoms with Crippen molar-refractivity contribution in [2.45, 2.75) is 12.8 Å². The van der Waals surface area contributed by atoms with Crippen LogP contribution in [0.25, 0.3) is 0 Å². The van der Waals surface area contributed by atoms with E-state index in [4.69, 9.17) is 0 Å². The van der Waals surface area contributed by atoms with Crippen molar-refractivity contribution in [3.63, 3.8) is 0 Å². The highest BCUT2D eigenvalue weighted by Crippen LogP contribution is 2.06. The molecule has 0 bridgehead atoms. The highest BCUT2D eigenvalue weighted by atomic mass is 32.2. The minimum atomic E-state index is -4.07. The van der Waals surface area contributed by atoms with Gasteiger partial charge in [-0.3, -0.25) is 0 Å². The van der Waals surface area contributed by atoms with E-state index in [1.165, 1.54) is 5.56 Å². The standard InChI is InChI=1S/C13H21NO3S/c1-14(2,10-6-12-18(15,16)17)11-9-13-7-4-3-5-8-13/h3-5,7-8H,6,9-12H2,1-2H3. The molecule has 0 heterocycles. The maximum atomic E-state index is 10.5. The second-order valence-electron chi connectivity index (χ2n) is 5.23. The fraction of sp³-hybridized carbons (Fsp3) is 0.538. The van der Waals surface area contributed by atoms with Gasteiger partial charge in [0.25, 0.3) is 0 Å². The molecule has 4 nitrogen and oxygen atoms in total. The predicted octanol–water partition coefficient (Wildman–Crippen LogP) is 1.24. The zero-order valence-corrected chi connectivity index (χ0v) is 11.8. The largest absolute Gasteiger partial charge is 0.748 e. The van der Waals surface area contributed by atoms with E-state index < -0.39 is 10.1 Å². The molecule has 1 rings (SSSR count). The first-order valence-corrected chi connectivity index (χ1v) is 7.66. The maximum Gasteiger partial charge on any atom is 0.0948 e. The number of benzene rings is 1. The molecule has 0 spiro atoms. The van der Waals surface area contributed by atoms with Crippen LogP contribution in [-0.2, 0) is 16.5 Å². The molecule has 0 aromatic heterocycles. The van der Waals surface area contributed by atoms with Gasteiger partial charge >= 0.3 is 0 Å². The Kier molecular flexibility index (Phi) is 5.31. The van der Waals surface area contributed by atoms with E-state index in [1.807, 2.05) is 18.2 Å². The Morgan fingerprint density at radius 1 is 1.11 bits per heavy atom. The number of nitrogens with zero attached hydrogens (tertiary/aromatic N) is 1. The molecule has 0 radical (unpaired) electrons. The summed E-state index contributed by atoms with van der Waals surface area (Å²) in [6.45, 7) is 1.64. The number of likely N-dealkylation sites (N-methyl/N-ethyl adjacent to an activating group) is 1. The number of hydrogen-bond donors (Lipinski definition) is 0. The molecule has 0 atom stereocenters. The predicted molar refractivity (Wildman–Crippen MR) is 71.2 cm³/mol. The molecule has 18 heavy (non-hydrogen) atoms. The number of rotatable bonds is 7. The molecule has 0 fully saturated rings. The van der Waals surface area contributed by atoms with Gasteiger partial charge in [0.2, 0.25) is 0 Å². The monoisotopic (exact) mass is 271 g/mol. The van der Waals surface area contributed by atoms with Gasteiger partial charge in [-0.1, -0.05) is 30.3 Å². The molecule has 102 valence electrons. The van der Waals surface area contributed by atoms with Crippen LogP contribution in [0.3, 0.4) is 0 Å². The molecule has 0 aliphatic rings. The second kappa shape index (κ2) is 6.31. The van der Waals surface area contributed by atoms with Gasteiger partial charge in [-0.15, -0.1) is 0 Å². The van der Waals surface area contributed by atoms with Gasteiger partial charge in [-0.25, -0.2) is 8.42 Å². The van der Waals surface area contributed by atoms with E-state index in [2.05, 4.69) is 26.2 Å². The van der Waals surface area contributed by atoms with E-state index in [0.717, 1.165) is 17.4 Å². The van der Waals surface area contributed by atoms with Gasteiger partial charge < -0.3 is 9.04 Å². The van der Waals surface area contributed by atoms with Gasteiger partial charge in [0.1, 0.15) is 0 Å². The molecule has 0 amide bonds. The maximum absolute atomic E-state index is 10.5. The van der Waals surface area contributed by atoms with Crippen LogP contribution in [0.4, 0.5) is 0 Å². The van der Waals surface area contributed by atoms with Gasteiger partial charge in [0.15, 0.2) is 0 Å². The molecular weight excluding hydrogens is 250 g/mol. The van der Waals surface area contributed by atoms with E-state index in [1.54, 1.807) is 0 Å². The fourth-order valence-electron chi connectivity index (χ4n) is 1.86. The van der Waals surface area contributed by atoms with Crippen LogP contribution in [0.2, 0.25) is 0 Å². The zero-order valence-electron chi connectivity index (χ0n) is 11.0. The van der Waals surface area contributed by atoms with Crippen LogP contribution in [-0.4, -0.2) is 50.4 Å². The molecular formula is C13H21NO3S. The first-order valence-electron chi connectivity index (χ1n) is 6.08. The molecule has 5 heteroatoms. The Labute approximate surface area is 110 Å². The van der Waals surface area contributed by atoms with Crippen molar-refractivity contribution in [3.05, 3.63) is 35.9 Å². The molecule has 1 aromatic rings. The van der Waals surface area contributed by atoms with Gasteiger partial charge in [-0.05, 0) is 5.56 Å². The summed E-state index contributed by atoms with van der Waals surface area (Å²) in [7, 11) is 0.0382. The van der Waals surface area contributed by atoms with E-state index >= 15 is 0 Å². The lowest BCUT2D eigenvalue weighted by Crippen LogP contribution is -2.42. The fourth-order valence-corrected chi connectivity index (χ4v) is 2.34. The normalized spacial score (nSPS) is 12.6. The molecule has 0 saturated carbocycles. The Morgan fingerprint density at radius 3 is 2.28 bits per heavy atom. The quantitative estimate of drug-likeness (QED) is 0.554. The van der Waals surface area contributed by atoms with Crippen LogP contribution in [0.1, 0.15) is 12.0 Å². The van der Waals surface area contributed by atoms with Crippen LogP contribution in [0.15, 0.2) is 30.3 Å². The minimum absolute atomic E-state index is 0.264. The van der Waals surface area contributed by atoms with Crippen LogP contribution >= 0.6 is 0 Å². The lowest BCUT2D eigenvalue weighted by molar-refractivity contribution is -0.890. The Balaban J connectivity index is 2.36. The molecule has 0 unspecified atom stereocenters. The van der Waals surface area contributed by atoms with Crippen molar-refractivity contribution in [3.8, 4) is 0 Å². The van der Waals surface area contributed by atoms with E-state index in [-0.39, 0.29) is 5.75 Å². The average Bonchev–Trinajstić information content (AvgIpc) is 2.26. The second-order valence-corrected chi connectivity index (χ2v) is 6.76. The van der Waals surface area contributed by atoms with Gasteiger partial charge in [0.05, 0.1) is 37.3 Å². The SMILES string of the molecule is C[N+](C)(CCCS(=O)(=O)[O-])CCc1ccccc1. The zero-order chi connectivity index (χ0) is 13.6. The Bertz CT molecular complexity index is 454. The number of hydrogen-bond acceptors (Lipinski definition) is 3. The first-order chi connectivity index (χ1) is 8.29. The van der Waals surface area contributed by atoms with Crippen molar-refractivity contribution >= 4 is 10.1 Å². The third-order valence-electron chi connectivity index (χ3n) is 3.01. The summed E-state index contributed by atoms with van der Waals surface area (Å²) >= 11 is 0. The lowest BCUT2D eigenvalue weighted by atomic mass is 10.1. The summed E-state index contributed by atoms with van der Waals surface area (Å²) in [5.41, 5.74) is 1.28. The summed E-state index contributed by atoms with van der Waals surface area (Å²) in [4.78, 5) is 0. The summed E-state index contributed by atoms with van der Waals surface area (Å²) in [5, 5.41) is 0. The van der Waals surface area contributed by atoms with Crippen molar-refractivity contribution in [2.75, 3.05) is 32.9 Å². The molecule has 0 aliphatic carbocycles.